The minimum Gasteiger partial charge on any atom is -0.378 e. The first-order valence-corrected chi connectivity index (χ1v) is 6.80. The minimum absolute atomic E-state index is 0.179. The number of carbonyl (C=O) groups excluding carboxylic acids is 1. The number of guanidine groups is 1. The van der Waals surface area contributed by atoms with Gasteiger partial charge in [-0.05, 0) is 23.8 Å². The van der Waals surface area contributed by atoms with Crippen molar-refractivity contribution in [2.45, 2.75) is 0 Å². The highest BCUT2D eigenvalue weighted by molar-refractivity contribution is 6.30. The molecule has 2 aliphatic heterocycles. The van der Waals surface area contributed by atoms with Gasteiger partial charge in [-0.3, -0.25) is 10.1 Å². The first kappa shape index (κ1) is 13.1. The van der Waals surface area contributed by atoms with E-state index < -0.39 is 0 Å². The van der Waals surface area contributed by atoms with Gasteiger partial charge in [0.15, 0.2) is 0 Å². The zero-order valence-corrected chi connectivity index (χ0v) is 11.6. The van der Waals surface area contributed by atoms with Gasteiger partial charge in [-0.2, -0.15) is 0 Å². The molecule has 0 unspecified atom stereocenters. The van der Waals surface area contributed by atoms with Crippen LogP contribution < -0.4 is 5.32 Å². The zero-order chi connectivity index (χ0) is 13.9. The van der Waals surface area contributed by atoms with E-state index in [1.165, 1.54) is 0 Å². The molecule has 0 radical (unpaired) electrons. The van der Waals surface area contributed by atoms with E-state index in [1.807, 2.05) is 17.0 Å². The maximum Gasteiger partial charge on any atom is 0.276 e. The molecule has 0 aromatic heterocycles. The molecule has 1 amide bonds. The number of amides is 1. The second kappa shape index (κ2) is 5.64. The number of aliphatic imine (C=N–C) groups is 1. The summed E-state index contributed by atoms with van der Waals surface area (Å²) in [4.78, 5) is 18.3. The van der Waals surface area contributed by atoms with Gasteiger partial charge in [0.2, 0.25) is 5.96 Å². The number of hydrogen-bond donors (Lipinski definition) is 1. The highest BCUT2D eigenvalue weighted by Crippen LogP contribution is 2.16. The van der Waals surface area contributed by atoms with Crippen molar-refractivity contribution in [1.29, 1.82) is 0 Å². The van der Waals surface area contributed by atoms with E-state index in [9.17, 15) is 4.79 Å². The Morgan fingerprint density at radius 1 is 1.25 bits per heavy atom. The second-order valence-electron chi connectivity index (χ2n) is 4.57. The Morgan fingerprint density at radius 2 is 1.95 bits per heavy atom. The second-order valence-corrected chi connectivity index (χ2v) is 5.01. The number of rotatable bonds is 1. The van der Waals surface area contributed by atoms with Gasteiger partial charge in [0.05, 0.1) is 13.2 Å². The number of benzene rings is 1. The van der Waals surface area contributed by atoms with Crippen LogP contribution in [0.5, 0.6) is 0 Å². The fourth-order valence-corrected chi connectivity index (χ4v) is 2.22. The highest BCUT2D eigenvalue weighted by Gasteiger charge is 2.25. The predicted octanol–water partition coefficient (Wildman–Crippen LogP) is 1.50. The molecule has 1 saturated heterocycles. The molecular formula is C14H14ClN3O2. The molecular weight excluding hydrogens is 278 g/mol. The van der Waals surface area contributed by atoms with E-state index in [0.29, 0.717) is 29.9 Å². The van der Waals surface area contributed by atoms with Crippen LogP contribution in [0, 0.1) is 0 Å². The number of morpholine rings is 1. The summed E-state index contributed by atoms with van der Waals surface area (Å²) < 4.78 is 5.28. The molecule has 1 fully saturated rings. The monoisotopic (exact) mass is 291 g/mol. The molecule has 5 nitrogen and oxygen atoms in total. The van der Waals surface area contributed by atoms with Gasteiger partial charge in [0.25, 0.3) is 5.91 Å². The van der Waals surface area contributed by atoms with Gasteiger partial charge in [0, 0.05) is 18.1 Å². The van der Waals surface area contributed by atoms with Crippen molar-refractivity contribution < 1.29 is 9.53 Å². The Morgan fingerprint density at radius 3 is 2.65 bits per heavy atom. The van der Waals surface area contributed by atoms with Crippen molar-refractivity contribution in [3.8, 4) is 0 Å². The quantitative estimate of drug-likeness (QED) is 0.798. The van der Waals surface area contributed by atoms with Crippen LogP contribution in [0.3, 0.4) is 0 Å². The summed E-state index contributed by atoms with van der Waals surface area (Å²) in [7, 11) is 0. The summed E-state index contributed by atoms with van der Waals surface area (Å²) in [6.45, 7) is 2.80. The van der Waals surface area contributed by atoms with E-state index in [1.54, 1.807) is 18.2 Å². The summed E-state index contributed by atoms with van der Waals surface area (Å²) in [6, 6.07) is 7.27. The molecule has 6 heteroatoms. The van der Waals surface area contributed by atoms with Crippen molar-refractivity contribution in [2.24, 2.45) is 4.99 Å². The van der Waals surface area contributed by atoms with E-state index in [4.69, 9.17) is 16.3 Å². The third kappa shape index (κ3) is 2.84. The molecule has 2 aliphatic rings. The van der Waals surface area contributed by atoms with Crippen molar-refractivity contribution in [1.82, 2.24) is 10.2 Å². The van der Waals surface area contributed by atoms with Gasteiger partial charge in [0.1, 0.15) is 5.70 Å². The van der Waals surface area contributed by atoms with E-state index in [0.717, 1.165) is 18.7 Å². The van der Waals surface area contributed by atoms with E-state index in [2.05, 4.69) is 10.3 Å². The van der Waals surface area contributed by atoms with Crippen molar-refractivity contribution in [3.63, 3.8) is 0 Å². The number of nitrogens with zero attached hydrogens (tertiary/aromatic N) is 2. The lowest BCUT2D eigenvalue weighted by atomic mass is 10.2. The first-order chi connectivity index (χ1) is 9.72. The smallest absolute Gasteiger partial charge is 0.276 e. The predicted molar refractivity (Wildman–Crippen MR) is 77.4 cm³/mol. The van der Waals surface area contributed by atoms with Gasteiger partial charge in [-0.25, -0.2) is 4.99 Å². The highest BCUT2D eigenvalue weighted by atomic mass is 35.5. The Labute approximate surface area is 121 Å². The Kier molecular flexibility index (Phi) is 3.71. The normalized spacial score (nSPS) is 21.1. The lowest BCUT2D eigenvalue weighted by molar-refractivity contribution is -0.115. The molecule has 0 saturated carbocycles. The van der Waals surface area contributed by atoms with Gasteiger partial charge < -0.3 is 9.64 Å². The van der Waals surface area contributed by atoms with E-state index in [-0.39, 0.29) is 5.91 Å². The summed E-state index contributed by atoms with van der Waals surface area (Å²) in [6.07, 6.45) is 1.75. The molecule has 1 aromatic carbocycles. The maximum absolute atomic E-state index is 11.9. The number of carbonyl (C=O) groups is 1. The standard InChI is InChI=1S/C14H14ClN3O2/c15-11-3-1-10(2-4-11)9-12-13(19)17-14(16-12)18-5-7-20-8-6-18/h1-4,9H,5-8H2,(H,16,17,19). The van der Waals surface area contributed by atoms with E-state index >= 15 is 0 Å². The molecule has 0 aliphatic carbocycles. The van der Waals surface area contributed by atoms with Gasteiger partial charge in [-0.15, -0.1) is 0 Å². The largest absolute Gasteiger partial charge is 0.378 e. The number of halogens is 1. The Bertz CT molecular complexity index is 575. The molecule has 20 heavy (non-hydrogen) atoms. The number of hydrogen-bond acceptors (Lipinski definition) is 4. The molecule has 0 atom stereocenters. The lowest BCUT2D eigenvalue weighted by Gasteiger charge is -2.27. The van der Waals surface area contributed by atoms with Crippen molar-refractivity contribution in [3.05, 3.63) is 40.5 Å². The first-order valence-electron chi connectivity index (χ1n) is 6.42. The zero-order valence-electron chi connectivity index (χ0n) is 10.8. The maximum atomic E-state index is 11.9. The van der Waals surface area contributed by atoms with Gasteiger partial charge in [-0.1, -0.05) is 23.7 Å². The molecule has 0 spiro atoms. The fourth-order valence-electron chi connectivity index (χ4n) is 2.10. The van der Waals surface area contributed by atoms with Crippen LogP contribution in [-0.2, 0) is 9.53 Å². The van der Waals surface area contributed by atoms with Crippen molar-refractivity contribution >= 4 is 29.5 Å². The third-order valence-electron chi connectivity index (χ3n) is 3.17. The molecule has 0 bridgehead atoms. The SMILES string of the molecule is O=C1NC(N2CCOCC2)=NC1=Cc1ccc(Cl)cc1. The van der Waals surface area contributed by atoms with Crippen LogP contribution in [0.2, 0.25) is 5.02 Å². The topological polar surface area (TPSA) is 53.9 Å². The van der Waals surface area contributed by atoms with Crippen LogP contribution in [0.1, 0.15) is 5.56 Å². The molecule has 104 valence electrons. The number of nitrogens with one attached hydrogen (secondary N) is 1. The summed E-state index contributed by atoms with van der Waals surface area (Å²) in [5.74, 6) is 0.431. The fraction of sp³-hybridized carbons (Fsp3) is 0.286. The summed E-state index contributed by atoms with van der Waals surface area (Å²) >= 11 is 5.84. The molecule has 1 aromatic rings. The molecule has 2 heterocycles. The average molecular weight is 292 g/mol. The summed E-state index contributed by atoms with van der Waals surface area (Å²) in [5.41, 5.74) is 1.31. The van der Waals surface area contributed by atoms with Gasteiger partial charge >= 0.3 is 0 Å². The van der Waals surface area contributed by atoms with Crippen LogP contribution in [-0.4, -0.2) is 43.1 Å². The van der Waals surface area contributed by atoms with Crippen LogP contribution in [0.15, 0.2) is 35.0 Å². The molecule has 3 rings (SSSR count). The average Bonchev–Trinajstić information content (AvgIpc) is 2.84. The Balaban J connectivity index is 1.80. The molecule has 1 N–H and O–H groups in total. The minimum atomic E-state index is -0.179. The lowest BCUT2D eigenvalue weighted by Crippen LogP contribution is -2.46. The van der Waals surface area contributed by atoms with Crippen LogP contribution in [0.4, 0.5) is 0 Å². The third-order valence-corrected chi connectivity index (χ3v) is 3.42. The summed E-state index contributed by atoms with van der Waals surface area (Å²) in [5, 5.41) is 3.46. The van der Waals surface area contributed by atoms with Crippen LogP contribution in [0.25, 0.3) is 6.08 Å². The number of ether oxygens (including phenoxy) is 1. The van der Waals surface area contributed by atoms with Crippen molar-refractivity contribution in [2.75, 3.05) is 26.3 Å². The van der Waals surface area contributed by atoms with Crippen LogP contribution >= 0.6 is 11.6 Å². The Hall–Kier alpha value is -1.85.